The molecular formula is C24H27N3O. The first-order valence-electron chi connectivity index (χ1n) is 10.0. The normalized spacial score (nSPS) is 15.5. The molecule has 1 saturated carbocycles. The summed E-state index contributed by atoms with van der Waals surface area (Å²) in [7, 11) is 0. The first kappa shape index (κ1) is 18.5. The number of benzene rings is 2. The summed E-state index contributed by atoms with van der Waals surface area (Å²) in [5.41, 5.74) is 5.14. The summed E-state index contributed by atoms with van der Waals surface area (Å²) >= 11 is 0. The zero-order valence-corrected chi connectivity index (χ0v) is 16.6. The molecule has 4 rings (SSSR count). The summed E-state index contributed by atoms with van der Waals surface area (Å²) in [6.07, 6.45) is 4.71. The molecule has 2 aromatic carbocycles. The molecule has 0 radical (unpaired) electrons. The zero-order valence-electron chi connectivity index (χ0n) is 16.6. The highest BCUT2D eigenvalue weighted by atomic mass is 16.1. The van der Waals surface area contributed by atoms with Gasteiger partial charge < -0.3 is 5.32 Å². The summed E-state index contributed by atoms with van der Waals surface area (Å²) in [6, 6.07) is 20.3. The molecule has 0 saturated heterocycles. The molecule has 1 aromatic heterocycles. The molecular weight excluding hydrogens is 346 g/mol. The molecule has 1 fully saturated rings. The first-order valence-corrected chi connectivity index (χ1v) is 10.0. The van der Waals surface area contributed by atoms with E-state index in [1.807, 2.05) is 48.9 Å². The quantitative estimate of drug-likeness (QED) is 0.703. The average molecular weight is 374 g/mol. The molecule has 0 bridgehead atoms. The van der Waals surface area contributed by atoms with Gasteiger partial charge in [0.15, 0.2) is 0 Å². The van der Waals surface area contributed by atoms with Crippen molar-refractivity contribution >= 4 is 5.91 Å². The largest absolute Gasteiger partial charge is 0.351 e. The number of rotatable bonds is 5. The predicted molar refractivity (Wildman–Crippen MR) is 112 cm³/mol. The molecule has 1 N–H and O–H groups in total. The van der Waals surface area contributed by atoms with Crippen LogP contribution in [0.15, 0.2) is 60.7 Å². The Morgan fingerprint density at radius 3 is 2.32 bits per heavy atom. The van der Waals surface area contributed by atoms with Crippen molar-refractivity contribution in [3.05, 3.63) is 83.2 Å². The van der Waals surface area contributed by atoms with E-state index in [0.717, 1.165) is 29.9 Å². The standard InChI is InChI=1S/C24H27N3O/c1-18-16-19(2)27(26-18)22-12-10-20(11-13-22)23(28)25-17-24(14-6-7-15-24)21-8-4-3-5-9-21/h3-5,8-13,16H,6-7,14-15,17H2,1-2H3,(H,25,28). The van der Waals surface area contributed by atoms with Crippen molar-refractivity contribution in [1.82, 2.24) is 15.1 Å². The maximum Gasteiger partial charge on any atom is 0.251 e. The summed E-state index contributed by atoms with van der Waals surface area (Å²) in [5.74, 6) is -0.0119. The number of aromatic nitrogens is 2. The van der Waals surface area contributed by atoms with Gasteiger partial charge in [-0.1, -0.05) is 43.2 Å². The molecule has 1 amide bonds. The van der Waals surface area contributed by atoms with Gasteiger partial charge in [-0.05, 0) is 62.6 Å². The molecule has 1 heterocycles. The number of nitrogens with one attached hydrogen (secondary N) is 1. The molecule has 0 aliphatic heterocycles. The van der Waals surface area contributed by atoms with Gasteiger partial charge in [0.1, 0.15) is 0 Å². The predicted octanol–water partition coefficient (Wildman–Crippen LogP) is 4.73. The van der Waals surface area contributed by atoms with Crippen LogP contribution in [-0.4, -0.2) is 22.2 Å². The van der Waals surface area contributed by atoms with E-state index in [1.54, 1.807) is 0 Å². The number of hydrogen-bond acceptors (Lipinski definition) is 2. The Kier molecular flexibility index (Phi) is 5.03. The highest BCUT2D eigenvalue weighted by molar-refractivity contribution is 5.94. The van der Waals surface area contributed by atoms with Crippen LogP contribution in [0.3, 0.4) is 0 Å². The lowest BCUT2D eigenvalue weighted by atomic mass is 9.79. The van der Waals surface area contributed by atoms with E-state index in [0.29, 0.717) is 12.1 Å². The van der Waals surface area contributed by atoms with E-state index >= 15 is 0 Å². The van der Waals surface area contributed by atoms with Crippen molar-refractivity contribution in [2.75, 3.05) is 6.54 Å². The number of carbonyl (C=O) groups excluding carboxylic acids is 1. The molecule has 0 unspecified atom stereocenters. The summed E-state index contributed by atoms with van der Waals surface area (Å²) in [5, 5.41) is 7.70. The van der Waals surface area contributed by atoms with Crippen molar-refractivity contribution in [2.45, 2.75) is 44.9 Å². The van der Waals surface area contributed by atoms with E-state index in [-0.39, 0.29) is 11.3 Å². The minimum Gasteiger partial charge on any atom is -0.351 e. The maximum atomic E-state index is 12.8. The Labute approximate surface area is 166 Å². The van der Waals surface area contributed by atoms with E-state index in [9.17, 15) is 4.79 Å². The average Bonchev–Trinajstić information content (AvgIpc) is 3.34. The lowest BCUT2D eigenvalue weighted by molar-refractivity contribution is 0.0943. The SMILES string of the molecule is Cc1cc(C)n(-c2ccc(C(=O)NCC3(c4ccccc4)CCCC3)cc2)n1. The Balaban J connectivity index is 1.47. The fourth-order valence-electron chi connectivity index (χ4n) is 4.41. The second-order valence-corrected chi connectivity index (χ2v) is 7.92. The van der Waals surface area contributed by atoms with Crippen molar-refractivity contribution in [1.29, 1.82) is 0 Å². The van der Waals surface area contributed by atoms with E-state index in [4.69, 9.17) is 0 Å². The third kappa shape index (κ3) is 3.59. The number of amides is 1. The van der Waals surface area contributed by atoms with Gasteiger partial charge in [-0.25, -0.2) is 4.68 Å². The number of hydrogen-bond donors (Lipinski definition) is 1. The minimum absolute atomic E-state index is 0.0119. The number of aryl methyl sites for hydroxylation is 2. The van der Waals surface area contributed by atoms with Gasteiger partial charge in [0.25, 0.3) is 5.91 Å². The molecule has 144 valence electrons. The van der Waals surface area contributed by atoms with E-state index in [1.165, 1.54) is 18.4 Å². The minimum atomic E-state index is -0.0119. The third-order valence-corrected chi connectivity index (χ3v) is 5.92. The molecule has 4 nitrogen and oxygen atoms in total. The maximum absolute atomic E-state index is 12.8. The molecule has 4 heteroatoms. The van der Waals surface area contributed by atoms with Crippen molar-refractivity contribution in [2.24, 2.45) is 0 Å². The van der Waals surface area contributed by atoms with Crippen molar-refractivity contribution in [3.8, 4) is 5.69 Å². The fourth-order valence-corrected chi connectivity index (χ4v) is 4.41. The topological polar surface area (TPSA) is 46.9 Å². The Bertz CT molecular complexity index is 951. The first-order chi connectivity index (χ1) is 13.6. The molecule has 1 aliphatic carbocycles. The highest BCUT2D eigenvalue weighted by Gasteiger charge is 2.35. The van der Waals surface area contributed by atoms with Crippen LogP contribution in [-0.2, 0) is 5.41 Å². The molecule has 3 aromatic rings. The van der Waals surface area contributed by atoms with Crippen LogP contribution < -0.4 is 5.32 Å². The number of nitrogens with zero attached hydrogens (tertiary/aromatic N) is 2. The Morgan fingerprint density at radius 2 is 1.71 bits per heavy atom. The van der Waals surface area contributed by atoms with Gasteiger partial charge in [-0.15, -0.1) is 0 Å². The molecule has 1 aliphatic rings. The van der Waals surface area contributed by atoms with Crippen molar-refractivity contribution in [3.63, 3.8) is 0 Å². The second-order valence-electron chi connectivity index (χ2n) is 7.92. The van der Waals surface area contributed by atoms with Gasteiger partial charge in [0.2, 0.25) is 0 Å². The second kappa shape index (κ2) is 7.63. The summed E-state index contributed by atoms with van der Waals surface area (Å²) in [6.45, 7) is 4.71. The zero-order chi connectivity index (χ0) is 19.6. The van der Waals surface area contributed by atoms with Gasteiger partial charge in [0, 0.05) is 23.2 Å². The fraction of sp³-hybridized carbons (Fsp3) is 0.333. The molecule has 28 heavy (non-hydrogen) atoms. The van der Waals surface area contributed by atoms with Crippen LogP contribution in [0.5, 0.6) is 0 Å². The summed E-state index contributed by atoms with van der Waals surface area (Å²) < 4.78 is 1.90. The third-order valence-electron chi connectivity index (χ3n) is 5.92. The smallest absolute Gasteiger partial charge is 0.251 e. The van der Waals surface area contributed by atoms with Crippen LogP contribution in [0, 0.1) is 13.8 Å². The van der Waals surface area contributed by atoms with Crippen LogP contribution in [0.25, 0.3) is 5.69 Å². The highest BCUT2D eigenvalue weighted by Crippen LogP contribution is 2.40. The van der Waals surface area contributed by atoms with Gasteiger partial charge in [-0.3, -0.25) is 4.79 Å². The summed E-state index contributed by atoms with van der Waals surface area (Å²) in [4.78, 5) is 12.8. The monoisotopic (exact) mass is 373 g/mol. The van der Waals surface area contributed by atoms with Crippen LogP contribution in [0.2, 0.25) is 0 Å². The van der Waals surface area contributed by atoms with Gasteiger partial charge in [0.05, 0.1) is 11.4 Å². The Hall–Kier alpha value is -2.88. The lowest BCUT2D eigenvalue weighted by Gasteiger charge is -2.30. The van der Waals surface area contributed by atoms with Crippen LogP contribution >= 0.6 is 0 Å². The van der Waals surface area contributed by atoms with E-state index < -0.39 is 0 Å². The van der Waals surface area contributed by atoms with E-state index in [2.05, 4.69) is 40.7 Å². The van der Waals surface area contributed by atoms with Crippen LogP contribution in [0.4, 0.5) is 0 Å². The van der Waals surface area contributed by atoms with Crippen molar-refractivity contribution < 1.29 is 4.79 Å². The Morgan fingerprint density at radius 1 is 1.04 bits per heavy atom. The molecule has 0 atom stereocenters. The van der Waals surface area contributed by atoms with Crippen LogP contribution in [0.1, 0.15) is 53.0 Å². The molecule has 0 spiro atoms. The number of carbonyl (C=O) groups is 1. The lowest BCUT2D eigenvalue weighted by Crippen LogP contribution is -2.39. The van der Waals surface area contributed by atoms with Gasteiger partial charge in [-0.2, -0.15) is 5.10 Å². The van der Waals surface area contributed by atoms with Gasteiger partial charge >= 0.3 is 0 Å².